The zero-order valence-electron chi connectivity index (χ0n) is 4.57. The lowest BCUT2D eigenvalue weighted by Crippen LogP contribution is -1.98. The third kappa shape index (κ3) is 2.57. The summed E-state index contributed by atoms with van der Waals surface area (Å²) in [7, 11) is 1.31. The molecule has 2 nitrogen and oxygen atoms in total. The number of rotatable bonds is 3. The van der Waals surface area contributed by atoms with Crippen molar-refractivity contribution >= 4 is 34.0 Å². The molecule has 0 saturated heterocycles. The number of hydrogen-bond donors (Lipinski definition) is 2. The Morgan fingerprint density at radius 1 is 1.89 bits per heavy atom. The fourth-order valence-electron chi connectivity index (χ4n) is 0.434. The molecule has 0 radical (unpaired) electrons. The van der Waals surface area contributed by atoms with E-state index < -0.39 is 0 Å². The van der Waals surface area contributed by atoms with E-state index in [9.17, 15) is 0 Å². The highest BCUT2D eigenvalue weighted by atomic mass is 33.1. The van der Waals surface area contributed by atoms with Gasteiger partial charge in [-0.3, -0.25) is 0 Å². The van der Waals surface area contributed by atoms with Gasteiger partial charge in [0.1, 0.15) is 5.01 Å². The van der Waals surface area contributed by atoms with Gasteiger partial charge in [0, 0.05) is 11.6 Å². The second-order valence-corrected chi connectivity index (χ2v) is 3.34. The Hall–Kier alpha value is 0.290. The summed E-state index contributed by atoms with van der Waals surface area (Å²) < 4.78 is 2.98. The molecule has 0 unspecified atom stereocenters. The van der Waals surface area contributed by atoms with Crippen molar-refractivity contribution in [3.63, 3.8) is 0 Å². The number of thiol groups is 1. The van der Waals surface area contributed by atoms with Gasteiger partial charge in [-0.1, -0.05) is 11.7 Å². The fraction of sp³-hybridized carbons (Fsp3) is 0.250. The van der Waals surface area contributed by atoms with E-state index in [1.165, 1.54) is 11.0 Å². The lowest BCUT2D eigenvalue weighted by atomic mass is 10.7. The SMILES string of the molecule is SSNCc1nccs1. The van der Waals surface area contributed by atoms with Crippen molar-refractivity contribution in [2.45, 2.75) is 6.54 Å². The van der Waals surface area contributed by atoms with Crippen LogP contribution in [-0.4, -0.2) is 4.98 Å². The quantitative estimate of drug-likeness (QED) is 0.419. The van der Waals surface area contributed by atoms with Crippen LogP contribution in [0.15, 0.2) is 11.6 Å². The Morgan fingerprint density at radius 3 is 3.33 bits per heavy atom. The molecule has 1 heterocycles. The predicted octanol–water partition coefficient (Wildman–Crippen LogP) is 1.73. The molecule has 50 valence electrons. The molecule has 1 aromatic rings. The van der Waals surface area contributed by atoms with Crippen LogP contribution in [0.2, 0.25) is 0 Å². The Morgan fingerprint density at radius 2 is 2.78 bits per heavy atom. The number of nitrogens with zero attached hydrogens (tertiary/aromatic N) is 1. The molecule has 1 N–H and O–H groups in total. The van der Waals surface area contributed by atoms with E-state index in [0.29, 0.717) is 0 Å². The summed E-state index contributed by atoms with van der Waals surface area (Å²) in [6.07, 6.45) is 1.80. The molecular weight excluding hydrogens is 172 g/mol. The van der Waals surface area contributed by atoms with Gasteiger partial charge in [0.05, 0.1) is 6.54 Å². The summed E-state index contributed by atoms with van der Waals surface area (Å²) in [4.78, 5) is 4.06. The molecule has 9 heavy (non-hydrogen) atoms. The molecule has 0 aromatic carbocycles. The van der Waals surface area contributed by atoms with Crippen molar-refractivity contribution in [2.75, 3.05) is 0 Å². The monoisotopic (exact) mass is 178 g/mol. The maximum Gasteiger partial charge on any atom is 0.107 e. The summed E-state index contributed by atoms with van der Waals surface area (Å²) in [5.74, 6) is 0. The number of hydrogen-bond acceptors (Lipinski definition) is 5. The third-order valence-corrected chi connectivity index (χ3v) is 2.21. The Labute approximate surface area is 67.0 Å². The third-order valence-electron chi connectivity index (χ3n) is 0.771. The zero-order valence-corrected chi connectivity index (χ0v) is 7.10. The second-order valence-electron chi connectivity index (χ2n) is 1.34. The lowest BCUT2D eigenvalue weighted by molar-refractivity contribution is 0.963. The van der Waals surface area contributed by atoms with E-state index in [0.717, 1.165) is 11.6 Å². The highest BCUT2D eigenvalue weighted by Gasteiger charge is 1.90. The minimum Gasteiger partial charge on any atom is -0.248 e. The Kier molecular flexibility index (Phi) is 3.42. The zero-order chi connectivity index (χ0) is 6.53. The van der Waals surface area contributed by atoms with E-state index in [1.54, 1.807) is 17.5 Å². The van der Waals surface area contributed by atoms with E-state index in [2.05, 4.69) is 21.4 Å². The number of nitrogens with one attached hydrogen (secondary N) is 1. The van der Waals surface area contributed by atoms with Crippen LogP contribution in [-0.2, 0) is 6.54 Å². The molecule has 5 heteroatoms. The highest BCUT2D eigenvalue weighted by molar-refractivity contribution is 8.67. The minimum absolute atomic E-state index is 0.797. The first-order valence-electron chi connectivity index (χ1n) is 2.35. The first-order valence-corrected chi connectivity index (χ1v) is 5.10. The normalized spacial score (nSPS) is 9.89. The second kappa shape index (κ2) is 4.16. The number of aromatic nitrogens is 1. The Balaban J connectivity index is 2.30. The van der Waals surface area contributed by atoms with Gasteiger partial charge in [-0.05, 0) is 11.0 Å². The molecule has 0 atom stereocenters. The van der Waals surface area contributed by atoms with Gasteiger partial charge in [0.15, 0.2) is 0 Å². The predicted molar refractivity (Wildman–Crippen MR) is 45.5 cm³/mol. The molecule has 1 rings (SSSR count). The lowest BCUT2D eigenvalue weighted by Gasteiger charge is -1.91. The van der Waals surface area contributed by atoms with Crippen molar-refractivity contribution in [2.24, 2.45) is 0 Å². The summed E-state index contributed by atoms with van der Waals surface area (Å²) in [6.45, 7) is 0.797. The molecule has 0 aliphatic carbocycles. The van der Waals surface area contributed by atoms with Crippen LogP contribution < -0.4 is 4.72 Å². The van der Waals surface area contributed by atoms with Gasteiger partial charge in [-0.25, -0.2) is 9.71 Å². The van der Waals surface area contributed by atoms with Crippen LogP contribution in [0, 0.1) is 0 Å². The van der Waals surface area contributed by atoms with Crippen LogP contribution in [0.4, 0.5) is 0 Å². The van der Waals surface area contributed by atoms with Crippen LogP contribution in [0.3, 0.4) is 0 Å². The molecular formula is C4H6N2S3. The molecule has 0 aliphatic rings. The standard InChI is InChI=1S/C4H6N2S3/c7-9-6-3-4-5-1-2-8-4/h1-2,6-7H,3H2. The van der Waals surface area contributed by atoms with Crippen molar-refractivity contribution in [3.8, 4) is 0 Å². The summed E-state index contributed by atoms with van der Waals surface area (Å²) >= 11 is 5.56. The van der Waals surface area contributed by atoms with E-state index >= 15 is 0 Å². The van der Waals surface area contributed by atoms with Gasteiger partial charge in [0.25, 0.3) is 0 Å². The average Bonchev–Trinajstić information content (AvgIpc) is 2.34. The molecule has 0 saturated carbocycles. The minimum atomic E-state index is 0.797. The molecule has 0 bridgehead atoms. The number of thiazole rings is 1. The molecule has 1 aromatic heterocycles. The van der Waals surface area contributed by atoms with Crippen LogP contribution in [0.5, 0.6) is 0 Å². The topological polar surface area (TPSA) is 24.9 Å². The van der Waals surface area contributed by atoms with Crippen molar-refractivity contribution in [1.82, 2.24) is 9.71 Å². The smallest absolute Gasteiger partial charge is 0.107 e. The van der Waals surface area contributed by atoms with Crippen LogP contribution in [0.1, 0.15) is 5.01 Å². The molecule has 0 amide bonds. The van der Waals surface area contributed by atoms with Crippen molar-refractivity contribution in [1.29, 1.82) is 0 Å². The van der Waals surface area contributed by atoms with Gasteiger partial charge in [-0.2, -0.15) is 0 Å². The molecule has 0 fully saturated rings. The molecule has 0 aliphatic heterocycles. The van der Waals surface area contributed by atoms with Crippen LogP contribution in [0.25, 0.3) is 0 Å². The van der Waals surface area contributed by atoms with E-state index in [1.807, 2.05) is 5.38 Å². The summed E-state index contributed by atoms with van der Waals surface area (Å²) in [6, 6.07) is 0. The fourth-order valence-corrected chi connectivity index (χ4v) is 1.48. The van der Waals surface area contributed by atoms with Crippen molar-refractivity contribution in [3.05, 3.63) is 16.6 Å². The van der Waals surface area contributed by atoms with Gasteiger partial charge in [0.2, 0.25) is 0 Å². The first kappa shape index (κ1) is 7.40. The van der Waals surface area contributed by atoms with E-state index in [4.69, 9.17) is 0 Å². The van der Waals surface area contributed by atoms with E-state index in [-0.39, 0.29) is 0 Å². The molecule has 0 spiro atoms. The average molecular weight is 178 g/mol. The maximum absolute atomic E-state index is 4.06. The van der Waals surface area contributed by atoms with Gasteiger partial charge < -0.3 is 0 Å². The van der Waals surface area contributed by atoms with Crippen LogP contribution >= 0.6 is 34.0 Å². The maximum atomic E-state index is 4.06. The summed E-state index contributed by atoms with van der Waals surface area (Å²) in [5, 5.41) is 3.05. The highest BCUT2D eigenvalue weighted by Crippen LogP contribution is 2.06. The Bertz CT molecular complexity index is 151. The summed E-state index contributed by atoms with van der Waals surface area (Å²) in [5.41, 5.74) is 0. The first-order chi connectivity index (χ1) is 4.43. The van der Waals surface area contributed by atoms with Crippen molar-refractivity contribution < 1.29 is 0 Å². The van der Waals surface area contributed by atoms with Gasteiger partial charge in [-0.15, -0.1) is 11.3 Å². The largest absolute Gasteiger partial charge is 0.248 e. The van der Waals surface area contributed by atoms with Gasteiger partial charge >= 0.3 is 0 Å².